The number of carbonyl (C=O) groups excluding carboxylic acids is 2. The van der Waals surface area contributed by atoms with Gasteiger partial charge < -0.3 is 9.47 Å². The molecule has 5 nitrogen and oxygen atoms in total. The van der Waals surface area contributed by atoms with Crippen LogP contribution in [0.4, 0.5) is 8.78 Å². The molecule has 1 aromatic carbocycles. The highest BCUT2D eigenvalue weighted by Crippen LogP contribution is 2.34. The molecule has 0 atom stereocenters. The van der Waals surface area contributed by atoms with Crippen LogP contribution in [0.3, 0.4) is 0 Å². The van der Waals surface area contributed by atoms with Crippen molar-refractivity contribution in [2.24, 2.45) is 0 Å². The van der Waals surface area contributed by atoms with Gasteiger partial charge >= 0.3 is 11.9 Å². The van der Waals surface area contributed by atoms with E-state index in [2.05, 4.69) is 0 Å². The Morgan fingerprint density at radius 3 is 1.92 bits per heavy atom. The smallest absolute Gasteiger partial charge is 0.308 e. The Bertz CT molecular complexity index is 656. The number of nitriles is 1. The molecule has 0 aromatic heterocycles. The molecule has 1 aromatic rings. The molecule has 0 spiro atoms. The normalized spacial score (nSPS) is 11.3. The van der Waals surface area contributed by atoms with Crippen molar-refractivity contribution in [1.82, 2.24) is 0 Å². The van der Waals surface area contributed by atoms with E-state index in [4.69, 9.17) is 9.47 Å². The Hall–Kier alpha value is -2.49. The summed E-state index contributed by atoms with van der Waals surface area (Å²) in [6.45, 7) is 6.49. The summed E-state index contributed by atoms with van der Waals surface area (Å²) in [5, 5.41) is 9.66. The van der Waals surface area contributed by atoms with Crippen LogP contribution in [0.1, 0.15) is 46.1 Å². The first-order valence-corrected chi connectivity index (χ1v) is 7.85. The second-order valence-corrected chi connectivity index (χ2v) is 6.25. The fourth-order valence-corrected chi connectivity index (χ4v) is 2.37. The number of hydrogen-bond donors (Lipinski definition) is 0. The van der Waals surface area contributed by atoms with Gasteiger partial charge in [-0.2, -0.15) is 5.26 Å². The molecule has 0 aliphatic rings. The first-order valence-electron chi connectivity index (χ1n) is 7.85. The third-order valence-electron chi connectivity index (χ3n) is 3.29. The number of hydrogen-bond acceptors (Lipinski definition) is 5. The van der Waals surface area contributed by atoms with Crippen molar-refractivity contribution in [1.29, 1.82) is 5.26 Å². The maximum Gasteiger partial charge on any atom is 0.308 e. The second kappa shape index (κ2) is 8.56. The summed E-state index contributed by atoms with van der Waals surface area (Å²) >= 11 is 0. The Morgan fingerprint density at radius 1 is 1.08 bits per heavy atom. The molecule has 0 saturated carbocycles. The van der Waals surface area contributed by atoms with Gasteiger partial charge in [0.05, 0.1) is 31.1 Å². The van der Waals surface area contributed by atoms with Gasteiger partial charge in [0, 0.05) is 11.6 Å². The van der Waals surface area contributed by atoms with Crippen LogP contribution in [0.25, 0.3) is 0 Å². The Labute approximate surface area is 145 Å². The average Bonchev–Trinajstić information content (AvgIpc) is 2.44. The number of carbonyl (C=O) groups is 2. The minimum absolute atomic E-state index is 0.252. The zero-order valence-electron chi connectivity index (χ0n) is 14.6. The molecule has 0 saturated heterocycles. The van der Waals surface area contributed by atoms with E-state index in [1.165, 1.54) is 0 Å². The molecule has 1 rings (SSSR count). The van der Waals surface area contributed by atoms with Gasteiger partial charge in [-0.3, -0.25) is 9.59 Å². The third kappa shape index (κ3) is 5.82. The fourth-order valence-electron chi connectivity index (χ4n) is 2.37. The summed E-state index contributed by atoms with van der Waals surface area (Å²) in [6.07, 6.45) is -2.00. The van der Waals surface area contributed by atoms with Gasteiger partial charge in [-0.05, 0) is 33.8 Å². The summed E-state index contributed by atoms with van der Waals surface area (Å²) in [4.78, 5) is 24.1. The Balaban J connectivity index is 3.29. The first kappa shape index (κ1) is 20.6. The summed E-state index contributed by atoms with van der Waals surface area (Å²) in [7, 11) is 0. The molecule has 0 aliphatic carbocycles. The summed E-state index contributed by atoms with van der Waals surface area (Å²) in [5.41, 5.74) is -2.10. The van der Waals surface area contributed by atoms with Gasteiger partial charge in [-0.15, -0.1) is 0 Å². The lowest BCUT2D eigenvalue weighted by Crippen LogP contribution is -2.34. The molecule has 0 fully saturated rings. The van der Waals surface area contributed by atoms with Crippen LogP contribution < -0.4 is 0 Å². The SMILES string of the molecule is CC(C)OC(=O)CC(C#N)(CC(=O)OC(C)C)c1ccc(F)cc1F. The van der Waals surface area contributed by atoms with E-state index in [-0.39, 0.29) is 5.56 Å². The van der Waals surface area contributed by atoms with E-state index in [1.807, 2.05) is 6.07 Å². The number of rotatable bonds is 7. The number of halogens is 2. The van der Waals surface area contributed by atoms with Gasteiger partial charge in [0.25, 0.3) is 0 Å². The minimum Gasteiger partial charge on any atom is -0.463 e. The monoisotopic (exact) mass is 353 g/mol. The molecule has 7 heteroatoms. The molecule has 0 amide bonds. The Morgan fingerprint density at radius 2 is 1.56 bits per heavy atom. The number of nitrogens with zero attached hydrogens (tertiary/aromatic N) is 1. The van der Waals surface area contributed by atoms with E-state index in [1.54, 1.807) is 27.7 Å². The third-order valence-corrected chi connectivity index (χ3v) is 3.29. The van der Waals surface area contributed by atoms with Crippen molar-refractivity contribution in [3.8, 4) is 6.07 Å². The zero-order valence-corrected chi connectivity index (χ0v) is 14.6. The van der Waals surface area contributed by atoms with Crippen LogP contribution in [0.15, 0.2) is 18.2 Å². The van der Waals surface area contributed by atoms with E-state index < -0.39 is 54.0 Å². The lowest BCUT2D eigenvalue weighted by Gasteiger charge is -2.26. The summed E-state index contributed by atoms with van der Waals surface area (Å²) in [6, 6.07) is 4.46. The molecular weight excluding hydrogens is 332 g/mol. The van der Waals surface area contributed by atoms with E-state index in [0.29, 0.717) is 6.07 Å². The largest absolute Gasteiger partial charge is 0.463 e. The molecule has 0 heterocycles. The second-order valence-electron chi connectivity index (χ2n) is 6.25. The van der Waals surface area contributed by atoms with Crippen LogP contribution in [0, 0.1) is 23.0 Å². The molecule has 136 valence electrons. The fraction of sp³-hybridized carbons (Fsp3) is 0.500. The van der Waals surface area contributed by atoms with Crippen molar-refractivity contribution >= 4 is 11.9 Å². The maximum atomic E-state index is 14.3. The van der Waals surface area contributed by atoms with Gasteiger partial charge in [-0.1, -0.05) is 6.07 Å². The summed E-state index contributed by atoms with van der Waals surface area (Å²) < 4.78 is 37.5. The van der Waals surface area contributed by atoms with Crippen LogP contribution in [0.5, 0.6) is 0 Å². The molecule has 0 N–H and O–H groups in total. The van der Waals surface area contributed by atoms with Gasteiger partial charge in [0.15, 0.2) is 0 Å². The molecule has 0 radical (unpaired) electrons. The van der Waals surface area contributed by atoms with Crippen molar-refractivity contribution in [3.05, 3.63) is 35.4 Å². The molecule has 0 aliphatic heterocycles. The Kier molecular flexibility index (Phi) is 7.04. The lowest BCUT2D eigenvalue weighted by atomic mass is 9.75. The molecule has 0 unspecified atom stereocenters. The lowest BCUT2D eigenvalue weighted by molar-refractivity contribution is -0.151. The van der Waals surface area contributed by atoms with Crippen LogP contribution in [-0.4, -0.2) is 24.1 Å². The van der Waals surface area contributed by atoms with Crippen LogP contribution in [-0.2, 0) is 24.5 Å². The number of ether oxygens (including phenoxy) is 2. The topological polar surface area (TPSA) is 76.4 Å². The van der Waals surface area contributed by atoms with E-state index in [0.717, 1.165) is 12.1 Å². The van der Waals surface area contributed by atoms with Crippen molar-refractivity contribution in [3.63, 3.8) is 0 Å². The van der Waals surface area contributed by atoms with Crippen LogP contribution in [0.2, 0.25) is 0 Å². The predicted molar refractivity (Wildman–Crippen MR) is 85.3 cm³/mol. The van der Waals surface area contributed by atoms with Crippen LogP contribution >= 0.6 is 0 Å². The van der Waals surface area contributed by atoms with Crippen molar-refractivity contribution in [2.75, 3.05) is 0 Å². The molecule has 0 bridgehead atoms. The quantitative estimate of drug-likeness (QED) is 0.702. The van der Waals surface area contributed by atoms with Crippen molar-refractivity contribution < 1.29 is 27.8 Å². The van der Waals surface area contributed by atoms with E-state index in [9.17, 15) is 23.6 Å². The number of benzene rings is 1. The van der Waals surface area contributed by atoms with Gasteiger partial charge in [0.1, 0.15) is 17.0 Å². The maximum absolute atomic E-state index is 14.3. The minimum atomic E-state index is -1.85. The average molecular weight is 353 g/mol. The van der Waals surface area contributed by atoms with E-state index >= 15 is 0 Å². The first-order chi connectivity index (χ1) is 11.6. The number of esters is 2. The highest BCUT2D eigenvalue weighted by molar-refractivity contribution is 5.78. The van der Waals surface area contributed by atoms with Gasteiger partial charge in [0.2, 0.25) is 0 Å². The predicted octanol–water partition coefficient (Wildman–Crippen LogP) is 3.41. The zero-order chi connectivity index (χ0) is 19.2. The highest BCUT2D eigenvalue weighted by Gasteiger charge is 2.41. The molecular formula is C18H21F2NO4. The summed E-state index contributed by atoms with van der Waals surface area (Å²) in [5.74, 6) is -3.38. The highest BCUT2D eigenvalue weighted by atomic mass is 19.1. The van der Waals surface area contributed by atoms with Gasteiger partial charge in [-0.25, -0.2) is 8.78 Å². The standard InChI is InChI=1S/C18H21F2NO4/c1-11(2)24-16(22)8-18(10-21,9-17(23)25-12(3)4)14-6-5-13(19)7-15(14)20/h5-7,11-12H,8-9H2,1-4H3. The van der Waals surface area contributed by atoms with Crippen molar-refractivity contribution in [2.45, 2.75) is 58.2 Å². The molecule has 25 heavy (non-hydrogen) atoms.